The van der Waals surface area contributed by atoms with Crippen molar-refractivity contribution < 1.29 is 4.79 Å². The number of benzene rings is 1. The number of carbonyl (C=O) groups is 1. The molecule has 0 saturated heterocycles. The highest BCUT2D eigenvalue weighted by molar-refractivity contribution is 5.81. The van der Waals surface area contributed by atoms with E-state index < -0.39 is 0 Å². The fourth-order valence-electron chi connectivity index (χ4n) is 2.26. The van der Waals surface area contributed by atoms with E-state index in [-0.39, 0.29) is 17.9 Å². The maximum Gasteiger partial charge on any atom is 0.223 e. The van der Waals surface area contributed by atoms with Crippen molar-refractivity contribution >= 4 is 5.91 Å². The Bertz CT molecular complexity index is 421. The highest BCUT2D eigenvalue weighted by atomic mass is 16.2. The van der Waals surface area contributed by atoms with Crippen LogP contribution >= 0.6 is 0 Å². The van der Waals surface area contributed by atoms with E-state index in [1.165, 1.54) is 11.1 Å². The topological polar surface area (TPSA) is 29.1 Å². The summed E-state index contributed by atoms with van der Waals surface area (Å²) in [6.07, 6.45) is 1.05. The van der Waals surface area contributed by atoms with Crippen LogP contribution in [0.15, 0.2) is 24.3 Å². The molecule has 1 aromatic carbocycles. The van der Waals surface area contributed by atoms with Crippen LogP contribution in [0.3, 0.4) is 0 Å². The molecule has 0 bridgehead atoms. The molecule has 18 heavy (non-hydrogen) atoms. The van der Waals surface area contributed by atoms with Crippen LogP contribution in [0.25, 0.3) is 0 Å². The molecule has 1 aliphatic rings. The molecule has 2 heteroatoms. The van der Waals surface area contributed by atoms with Crippen LogP contribution in [0.4, 0.5) is 0 Å². The predicted octanol–water partition coefficient (Wildman–Crippen LogP) is 3.64. The van der Waals surface area contributed by atoms with Gasteiger partial charge in [0, 0.05) is 5.92 Å². The molecule has 2 nitrogen and oxygen atoms in total. The lowest BCUT2D eigenvalue weighted by molar-refractivity contribution is -0.123. The summed E-state index contributed by atoms with van der Waals surface area (Å²) in [4.78, 5) is 11.9. The van der Waals surface area contributed by atoms with Gasteiger partial charge in [-0.1, -0.05) is 45.0 Å². The molecule has 1 aliphatic carbocycles. The first-order chi connectivity index (χ1) is 8.49. The van der Waals surface area contributed by atoms with Gasteiger partial charge in [0.15, 0.2) is 0 Å². The maximum absolute atomic E-state index is 11.9. The van der Waals surface area contributed by atoms with E-state index in [1.807, 2.05) is 0 Å². The number of carbonyl (C=O) groups excluding carboxylic acids is 1. The second kappa shape index (κ2) is 5.13. The van der Waals surface area contributed by atoms with Crippen LogP contribution in [0.5, 0.6) is 0 Å². The lowest BCUT2D eigenvalue weighted by atomic mass is 9.99. The Labute approximate surface area is 110 Å². The molecule has 98 valence electrons. The molecule has 1 amide bonds. The summed E-state index contributed by atoms with van der Waals surface area (Å²) in [5.74, 6) is 1.59. The lowest BCUT2D eigenvalue weighted by Crippen LogP contribution is -2.28. The molecule has 0 aromatic heterocycles. The Morgan fingerprint density at radius 3 is 2.11 bits per heavy atom. The van der Waals surface area contributed by atoms with Crippen LogP contribution < -0.4 is 5.32 Å². The largest absolute Gasteiger partial charge is 0.349 e. The van der Waals surface area contributed by atoms with Gasteiger partial charge in [-0.25, -0.2) is 0 Å². The van der Waals surface area contributed by atoms with Crippen molar-refractivity contribution in [3.63, 3.8) is 0 Å². The van der Waals surface area contributed by atoms with Crippen molar-refractivity contribution in [3.8, 4) is 0 Å². The Hall–Kier alpha value is -1.31. The molecular formula is C16H23NO. The van der Waals surface area contributed by atoms with E-state index in [2.05, 4.69) is 57.3 Å². The number of rotatable bonds is 4. The van der Waals surface area contributed by atoms with Gasteiger partial charge in [-0.15, -0.1) is 0 Å². The minimum Gasteiger partial charge on any atom is -0.349 e. The predicted molar refractivity (Wildman–Crippen MR) is 74.4 cm³/mol. The summed E-state index contributed by atoms with van der Waals surface area (Å²) < 4.78 is 0. The van der Waals surface area contributed by atoms with Gasteiger partial charge < -0.3 is 5.32 Å². The SMILES string of the molecule is CC(C)c1ccc([C@H](C)NC(=O)[C@@H]2C[C@@H]2C)cc1. The molecule has 1 fully saturated rings. The van der Waals surface area contributed by atoms with Gasteiger partial charge in [0.2, 0.25) is 5.91 Å². The normalized spacial score (nSPS) is 23.8. The first-order valence-corrected chi connectivity index (χ1v) is 6.89. The van der Waals surface area contributed by atoms with Gasteiger partial charge in [-0.2, -0.15) is 0 Å². The van der Waals surface area contributed by atoms with Gasteiger partial charge in [0.1, 0.15) is 0 Å². The monoisotopic (exact) mass is 245 g/mol. The fraction of sp³-hybridized carbons (Fsp3) is 0.562. The van der Waals surface area contributed by atoms with E-state index in [0.717, 1.165) is 6.42 Å². The van der Waals surface area contributed by atoms with Crippen LogP contribution in [-0.4, -0.2) is 5.91 Å². The van der Waals surface area contributed by atoms with Crippen molar-refractivity contribution in [2.75, 3.05) is 0 Å². The summed E-state index contributed by atoms with van der Waals surface area (Å²) in [7, 11) is 0. The highest BCUT2D eigenvalue weighted by Gasteiger charge is 2.39. The molecule has 3 atom stereocenters. The van der Waals surface area contributed by atoms with Gasteiger partial charge >= 0.3 is 0 Å². The van der Waals surface area contributed by atoms with Crippen LogP contribution in [-0.2, 0) is 4.79 Å². The molecular weight excluding hydrogens is 222 g/mol. The Balaban J connectivity index is 1.96. The lowest BCUT2D eigenvalue weighted by Gasteiger charge is -2.15. The average Bonchev–Trinajstić information content (AvgIpc) is 3.06. The van der Waals surface area contributed by atoms with Crippen LogP contribution in [0, 0.1) is 11.8 Å². The summed E-state index contributed by atoms with van der Waals surface area (Å²) in [5.41, 5.74) is 2.52. The van der Waals surface area contributed by atoms with Crippen molar-refractivity contribution in [1.82, 2.24) is 5.32 Å². The summed E-state index contributed by atoms with van der Waals surface area (Å²) in [5, 5.41) is 3.10. The van der Waals surface area contributed by atoms with Crippen LogP contribution in [0.2, 0.25) is 0 Å². The molecule has 0 aliphatic heterocycles. The third-order valence-corrected chi connectivity index (χ3v) is 3.91. The Morgan fingerprint density at radius 1 is 1.17 bits per heavy atom. The van der Waals surface area contributed by atoms with E-state index in [9.17, 15) is 4.79 Å². The molecule has 0 spiro atoms. The second-order valence-corrected chi connectivity index (χ2v) is 5.87. The third-order valence-electron chi connectivity index (χ3n) is 3.91. The minimum absolute atomic E-state index is 0.103. The molecule has 0 radical (unpaired) electrons. The zero-order valence-electron chi connectivity index (χ0n) is 11.7. The standard InChI is InChI=1S/C16H23NO/c1-10(2)13-5-7-14(8-6-13)12(4)17-16(18)15-9-11(15)3/h5-8,10-12,15H,9H2,1-4H3,(H,17,18)/t11-,12-,15+/m0/s1. The zero-order chi connectivity index (χ0) is 13.3. The quantitative estimate of drug-likeness (QED) is 0.862. The third kappa shape index (κ3) is 2.92. The first kappa shape index (κ1) is 13.1. The molecule has 0 heterocycles. The Kier molecular flexibility index (Phi) is 3.74. The number of hydrogen-bond donors (Lipinski definition) is 1. The highest BCUT2D eigenvalue weighted by Crippen LogP contribution is 2.38. The molecule has 1 N–H and O–H groups in total. The summed E-state index contributed by atoms with van der Waals surface area (Å²) in [6.45, 7) is 8.56. The van der Waals surface area contributed by atoms with Gasteiger partial charge in [0.25, 0.3) is 0 Å². The zero-order valence-corrected chi connectivity index (χ0v) is 11.7. The van der Waals surface area contributed by atoms with Crippen molar-refractivity contribution in [2.24, 2.45) is 11.8 Å². The maximum atomic E-state index is 11.9. The van der Waals surface area contributed by atoms with E-state index in [1.54, 1.807) is 0 Å². The van der Waals surface area contributed by atoms with Gasteiger partial charge in [-0.3, -0.25) is 4.79 Å². The first-order valence-electron chi connectivity index (χ1n) is 6.89. The fourth-order valence-corrected chi connectivity index (χ4v) is 2.26. The van der Waals surface area contributed by atoms with Gasteiger partial charge in [0.05, 0.1) is 6.04 Å². The molecule has 1 aromatic rings. The Morgan fingerprint density at radius 2 is 1.67 bits per heavy atom. The van der Waals surface area contributed by atoms with Gasteiger partial charge in [-0.05, 0) is 36.3 Å². The van der Waals surface area contributed by atoms with E-state index in [0.29, 0.717) is 11.8 Å². The second-order valence-electron chi connectivity index (χ2n) is 5.87. The average molecular weight is 245 g/mol. The van der Waals surface area contributed by atoms with Crippen LogP contribution in [0.1, 0.15) is 57.2 Å². The smallest absolute Gasteiger partial charge is 0.223 e. The van der Waals surface area contributed by atoms with Crippen molar-refractivity contribution in [3.05, 3.63) is 35.4 Å². The van der Waals surface area contributed by atoms with E-state index in [4.69, 9.17) is 0 Å². The van der Waals surface area contributed by atoms with Crippen molar-refractivity contribution in [2.45, 2.75) is 46.1 Å². The van der Waals surface area contributed by atoms with E-state index >= 15 is 0 Å². The number of nitrogens with one attached hydrogen (secondary N) is 1. The summed E-state index contributed by atoms with van der Waals surface area (Å²) >= 11 is 0. The molecule has 0 unspecified atom stereocenters. The van der Waals surface area contributed by atoms with Crippen molar-refractivity contribution in [1.29, 1.82) is 0 Å². The number of amides is 1. The number of hydrogen-bond acceptors (Lipinski definition) is 1. The molecule has 1 saturated carbocycles. The molecule has 2 rings (SSSR count). The minimum atomic E-state index is 0.103. The summed E-state index contributed by atoms with van der Waals surface area (Å²) in [6, 6.07) is 8.66.